The molecular formula is C15H15BrN2O4. The van der Waals surface area contributed by atoms with Gasteiger partial charge in [-0.25, -0.2) is 4.98 Å². The second-order valence-electron chi connectivity index (χ2n) is 4.82. The van der Waals surface area contributed by atoms with E-state index in [2.05, 4.69) is 26.2 Å². The highest BCUT2D eigenvalue weighted by Crippen LogP contribution is 2.21. The molecule has 1 aromatic heterocycles. The van der Waals surface area contributed by atoms with E-state index in [-0.39, 0.29) is 12.2 Å². The maximum Gasteiger partial charge on any atom is 0.305 e. The lowest BCUT2D eigenvalue weighted by molar-refractivity contribution is -0.137. The molecule has 0 radical (unpaired) electrons. The molecule has 1 heterocycles. The first-order valence-electron chi connectivity index (χ1n) is 6.59. The Morgan fingerprint density at radius 1 is 1.32 bits per heavy atom. The summed E-state index contributed by atoms with van der Waals surface area (Å²) in [5.41, 5.74) is 1.17. The van der Waals surface area contributed by atoms with Gasteiger partial charge < -0.3 is 14.8 Å². The number of nitrogens with zero attached hydrogens (tertiary/aromatic N) is 1. The van der Waals surface area contributed by atoms with E-state index in [1.54, 1.807) is 38.1 Å². The highest BCUT2D eigenvalue weighted by Gasteiger charge is 2.22. The van der Waals surface area contributed by atoms with E-state index in [9.17, 15) is 9.59 Å². The number of carbonyl (C=O) groups excluding carboxylic acids is 1. The van der Waals surface area contributed by atoms with Gasteiger partial charge in [-0.3, -0.25) is 9.59 Å². The normalized spacial score (nSPS) is 12.0. The van der Waals surface area contributed by atoms with Gasteiger partial charge in [-0.15, -0.1) is 0 Å². The molecule has 1 aromatic carbocycles. The Morgan fingerprint density at radius 2 is 1.95 bits per heavy atom. The maximum atomic E-state index is 12.3. The number of oxazole rings is 1. The largest absolute Gasteiger partial charge is 0.481 e. The third-order valence-electron chi connectivity index (χ3n) is 3.07. The van der Waals surface area contributed by atoms with E-state index >= 15 is 0 Å². The average Bonchev–Trinajstić information content (AvgIpc) is 2.77. The molecular weight excluding hydrogens is 352 g/mol. The summed E-state index contributed by atoms with van der Waals surface area (Å²) in [6, 6.07) is 6.45. The molecule has 22 heavy (non-hydrogen) atoms. The fourth-order valence-corrected chi connectivity index (χ4v) is 2.35. The smallest absolute Gasteiger partial charge is 0.305 e. The van der Waals surface area contributed by atoms with Gasteiger partial charge in [0, 0.05) is 11.4 Å². The van der Waals surface area contributed by atoms with E-state index in [1.807, 2.05) is 0 Å². The second kappa shape index (κ2) is 6.74. The fraction of sp³-hybridized carbons (Fsp3) is 0.267. The topological polar surface area (TPSA) is 92.4 Å². The molecule has 0 aliphatic carbocycles. The van der Waals surface area contributed by atoms with Crippen LogP contribution in [0.5, 0.6) is 0 Å². The van der Waals surface area contributed by atoms with Gasteiger partial charge in [0.2, 0.25) is 5.76 Å². The molecule has 116 valence electrons. The number of benzene rings is 1. The van der Waals surface area contributed by atoms with Crippen molar-refractivity contribution in [2.45, 2.75) is 26.3 Å². The van der Waals surface area contributed by atoms with E-state index < -0.39 is 17.9 Å². The number of carbonyl (C=O) groups is 2. The number of rotatable bonds is 5. The van der Waals surface area contributed by atoms with Crippen LogP contribution < -0.4 is 5.32 Å². The van der Waals surface area contributed by atoms with Gasteiger partial charge in [0.05, 0.1) is 18.2 Å². The molecule has 0 bridgehead atoms. The SMILES string of the molecule is Cc1nc(C)c(C(=O)NC(CC(=O)O)c2ccc(Br)cc2)o1. The van der Waals surface area contributed by atoms with Gasteiger partial charge in [-0.2, -0.15) is 0 Å². The van der Waals surface area contributed by atoms with Crippen LogP contribution in [0.15, 0.2) is 33.2 Å². The van der Waals surface area contributed by atoms with Crippen LogP contribution in [0.1, 0.15) is 40.2 Å². The molecule has 2 N–H and O–H groups in total. The van der Waals surface area contributed by atoms with Crippen LogP contribution in [0, 0.1) is 13.8 Å². The third-order valence-corrected chi connectivity index (χ3v) is 3.59. The quantitative estimate of drug-likeness (QED) is 0.848. The standard InChI is InChI=1S/C15H15BrN2O4/c1-8-14(22-9(2)17-8)15(21)18-12(7-13(19)20)10-3-5-11(16)6-4-10/h3-6,12H,7H2,1-2H3,(H,18,21)(H,19,20). The number of hydrogen-bond donors (Lipinski definition) is 2. The number of halogens is 1. The number of hydrogen-bond acceptors (Lipinski definition) is 4. The molecule has 0 spiro atoms. The molecule has 6 nitrogen and oxygen atoms in total. The van der Waals surface area contributed by atoms with Crippen molar-refractivity contribution in [3.05, 3.63) is 51.6 Å². The van der Waals surface area contributed by atoms with E-state index in [1.165, 1.54) is 0 Å². The Morgan fingerprint density at radius 3 is 2.45 bits per heavy atom. The number of aliphatic carboxylic acids is 1. The van der Waals surface area contributed by atoms with Crippen LogP contribution in [-0.4, -0.2) is 22.0 Å². The Bertz CT molecular complexity index is 694. The lowest BCUT2D eigenvalue weighted by Crippen LogP contribution is -2.30. The first-order chi connectivity index (χ1) is 10.4. The summed E-state index contributed by atoms with van der Waals surface area (Å²) in [6.07, 6.45) is -0.223. The highest BCUT2D eigenvalue weighted by molar-refractivity contribution is 9.10. The van der Waals surface area contributed by atoms with Crippen molar-refractivity contribution in [3.63, 3.8) is 0 Å². The van der Waals surface area contributed by atoms with Gasteiger partial charge in [-0.05, 0) is 24.6 Å². The molecule has 2 rings (SSSR count). The van der Waals surface area contributed by atoms with Crippen molar-refractivity contribution in [3.8, 4) is 0 Å². The Labute approximate surface area is 135 Å². The van der Waals surface area contributed by atoms with Gasteiger partial charge in [0.25, 0.3) is 5.91 Å². The predicted octanol–water partition coefficient (Wildman–Crippen LogP) is 3.00. The Balaban J connectivity index is 2.23. The first kappa shape index (κ1) is 16.2. The fourth-order valence-electron chi connectivity index (χ4n) is 2.09. The molecule has 0 fully saturated rings. The molecule has 2 aromatic rings. The van der Waals surface area contributed by atoms with Crippen molar-refractivity contribution in [2.75, 3.05) is 0 Å². The molecule has 0 aliphatic rings. The number of aromatic nitrogens is 1. The summed E-state index contributed by atoms with van der Waals surface area (Å²) >= 11 is 3.32. The molecule has 0 saturated heterocycles. The van der Waals surface area contributed by atoms with E-state index in [4.69, 9.17) is 9.52 Å². The van der Waals surface area contributed by atoms with Crippen LogP contribution in [-0.2, 0) is 4.79 Å². The average molecular weight is 367 g/mol. The third kappa shape index (κ3) is 3.94. The Hall–Kier alpha value is -2.15. The highest BCUT2D eigenvalue weighted by atomic mass is 79.9. The molecule has 7 heteroatoms. The van der Waals surface area contributed by atoms with Gasteiger partial charge in [0.1, 0.15) is 0 Å². The van der Waals surface area contributed by atoms with Crippen molar-refractivity contribution in [1.82, 2.24) is 10.3 Å². The van der Waals surface area contributed by atoms with Gasteiger partial charge in [0.15, 0.2) is 5.89 Å². The summed E-state index contributed by atoms with van der Waals surface area (Å²) in [6.45, 7) is 3.31. The van der Waals surface area contributed by atoms with Crippen molar-refractivity contribution in [1.29, 1.82) is 0 Å². The van der Waals surface area contributed by atoms with Crippen LogP contribution in [0.25, 0.3) is 0 Å². The van der Waals surface area contributed by atoms with Crippen LogP contribution in [0.3, 0.4) is 0 Å². The van der Waals surface area contributed by atoms with Gasteiger partial charge in [-0.1, -0.05) is 28.1 Å². The van der Waals surface area contributed by atoms with E-state index in [0.29, 0.717) is 17.1 Å². The zero-order valence-electron chi connectivity index (χ0n) is 12.1. The molecule has 1 atom stereocenters. The van der Waals surface area contributed by atoms with Crippen LogP contribution in [0.2, 0.25) is 0 Å². The molecule has 1 unspecified atom stereocenters. The Kier molecular flexibility index (Phi) is 4.97. The minimum absolute atomic E-state index is 0.102. The molecule has 0 aliphatic heterocycles. The van der Waals surface area contributed by atoms with Crippen molar-refractivity contribution >= 4 is 27.8 Å². The second-order valence-corrected chi connectivity index (χ2v) is 5.74. The first-order valence-corrected chi connectivity index (χ1v) is 7.38. The van der Waals surface area contributed by atoms with Crippen LogP contribution in [0.4, 0.5) is 0 Å². The number of nitrogens with one attached hydrogen (secondary N) is 1. The summed E-state index contributed by atoms with van der Waals surface area (Å²) in [7, 11) is 0. The zero-order valence-corrected chi connectivity index (χ0v) is 13.7. The maximum absolute atomic E-state index is 12.3. The summed E-state index contributed by atoms with van der Waals surface area (Å²) in [4.78, 5) is 27.3. The summed E-state index contributed by atoms with van der Waals surface area (Å²) < 4.78 is 6.13. The predicted molar refractivity (Wildman–Crippen MR) is 82.6 cm³/mol. The van der Waals surface area contributed by atoms with Gasteiger partial charge >= 0.3 is 5.97 Å². The number of carboxylic acid groups (broad SMARTS) is 1. The van der Waals surface area contributed by atoms with E-state index in [0.717, 1.165) is 4.47 Å². The lowest BCUT2D eigenvalue weighted by atomic mass is 10.0. The molecule has 0 saturated carbocycles. The number of amides is 1. The minimum atomic E-state index is -1.00. The molecule has 1 amide bonds. The summed E-state index contributed by atoms with van der Waals surface area (Å²) in [5, 5.41) is 11.7. The zero-order chi connectivity index (χ0) is 16.3. The minimum Gasteiger partial charge on any atom is -0.481 e. The van der Waals surface area contributed by atoms with Crippen molar-refractivity contribution < 1.29 is 19.1 Å². The monoisotopic (exact) mass is 366 g/mol. The summed E-state index contributed by atoms with van der Waals surface area (Å²) in [5.74, 6) is -0.989. The van der Waals surface area contributed by atoms with Crippen molar-refractivity contribution in [2.24, 2.45) is 0 Å². The van der Waals surface area contributed by atoms with Crippen LogP contribution >= 0.6 is 15.9 Å². The number of aryl methyl sites for hydroxylation is 2. The lowest BCUT2D eigenvalue weighted by Gasteiger charge is -2.17. The number of carboxylic acids is 1.